The first-order chi connectivity index (χ1) is 6.81. The summed E-state index contributed by atoms with van der Waals surface area (Å²) >= 11 is 6.01. The molecule has 0 aliphatic rings. The summed E-state index contributed by atoms with van der Waals surface area (Å²) in [5.41, 5.74) is 5.26. The Balaban J connectivity index is 3.02. The molecule has 3 nitrogen and oxygen atoms in total. The second-order valence-electron chi connectivity index (χ2n) is 3.22. The average molecular weight is 224 g/mol. The number of hydrogen-bond donors (Lipinski definition) is 1. The minimum absolute atomic E-state index is 0.143. The van der Waals surface area contributed by atoms with E-state index in [1.807, 2.05) is 0 Å². The van der Waals surface area contributed by atoms with Gasteiger partial charge in [0.15, 0.2) is 0 Å². The van der Waals surface area contributed by atoms with Crippen molar-refractivity contribution in [2.24, 2.45) is 5.73 Å². The van der Waals surface area contributed by atoms with Gasteiger partial charge in [0.2, 0.25) is 0 Å². The molecule has 0 saturated carbocycles. The normalized spacial score (nSPS) is 13.1. The van der Waals surface area contributed by atoms with Crippen LogP contribution in [0.3, 0.4) is 0 Å². The molecule has 0 aromatic heterocycles. The van der Waals surface area contributed by atoms with Crippen LogP contribution < -0.4 is 5.73 Å². The Bertz CT molecular complexity index is 114. The first-order valence-corrected chi connectivity index (χ1v) is 5.74. The van der Waals surface area contributed by atoms with Gasteiger partial charge in [0.25, 0.3) is 0 Å². The van der Waals surface area contributed by atoms with Crippen molar-refractivity contribution in [3.8, 4) is 0 Å². The van der Waals surface area contributed by atoms with Crippen molar-refractivity contribution in [1.82, 2.24) is 0 Å². The van der Waals surface area contributed by atoms with Crippen LogP contribution in [0, 0.1) is 0 Å². The number of unbranched alkanes of at least 4 members (excludes halogenated alkanes) is 1. The molecular formula is C10H22ClNO2. The van der Waals surface area contributed by atoms with E-state index in [4.69, 9.17) is 26.8 Å². The highest BCUT2D eigenvalue weighted by Crippen LogP contribution is 2.07. The van der Waals surface area contributed by atoms with E-state index in [1.165, 1.54) is 12.8 Å². The van der Waals surface area contributed by atoms with Crippen molar-refractivity contribution in [2.75, 3.05) is 33.0 Å². The SMILES string of the molecule is CCCCC(Cl)COCCOCCN. The van der Waals surface area contributed by atoms with Crippen LogP contribution in [0.15, 0.2) is 0 Å². The van der Waals surface area contributed by atoms with Crippen LogP contribution in [-0.4, -0.2) is 38.3 Å². The minimum atomic E-state index is 0.143. The summed E-state index contributed by atoms with van der Waals surface area (Å²) in [7, 11) is 0. The van der Waals surface area contributed by atoms with Crippen LogP contribution in [0.25, 0.3) is 0 Å². The minimum Gasteiger partial charge on any atom is -0.378 e. The topological polar surface area (TPSA) is 44.5 Å². The van der Waals surface area contributed by atoms with Gasteiger partial charge >= 0.3 is 0 Å². The lowest BCUT2D eigenvalue weighted by Crippen LogP contribution is -2.15. The smallest absolute Gasteiger partial charge is 0.0701 e. The Morgan fingerprint density at radius 1 is 1.21 bits per heavy atom. The number of alkyl halides is 1. The van der Waals surface area contributed by atoms with Crippen LogP contribution in [0.2, 0.25) is 0 Å². The second kappa shape index (κ2) is 11.2. The van der Waals surface area contributed by atoms with Crippen molar-refractivity contribution < 1.29 is 9.47 Å². The fourth-order valence-corrected chi connectivity index (χ4v) is 1.27. The molecule has 0 aromatic rings. The molecule has 1 unspecified atom stereocenters. The largest absolute Gasteiger partial charge is 0.378 e. The van der Waals surface area contributed by atoms with E-state index in [9.17, 15) is 0 Å². The Labute approximate surface area is 91.9 Å². The average Bonchev–Trinajstić information content (AvgIpc) is 2.20. The van der Waals surface area contributed by atoms with E-state index in [1.54, 1.807) is 0 Å². The highest BCUT2D eigenvalue weighted by Gasteiger charge is 2.03. The van der Waals surface area contributed by atoms with Crippen LogP contribution >= 0.6 is 11.6 Å². The lowest BCUT2D eigenvalue weighted by Gasteiger charge is -2.09. The number of hydrogen-bond acceptors (Lipinski definition) is 3. The Morgan fingerprint density at radius 3 is 2.57 bits per heavy atom. The molecule has 2 N–H and O–H groups in total. The van der Waals surface area contributed by atoms with E-state index in [0.717, 1.165) is 6.42 Å². The molecule has 86 valence electrons. The number of ether oxygens (including phenoxy) is 2. The van der Waals surface area contributed by atoms with Gasteiger partial charge in [-0.1, -0.05) is 19.8 Å². The van der Waals surface area contributed by atoms with Gasteiger partial charge in [-0.3, -0.25) is 0 Å². The fraction of sp³-hybridized carbons (Fsp3) is 1.00. The lowest BCUT2D eigenvalue weighted by molar-refractivity contribution is 0.0502. The van der Waals surface area contributed by atoms with Crippen molar-refractivity contribution >= 4 is 11.6 Å². The zero-order valence-electron chi connectivity index (χ0n) is 9.01. The van der Waals surface area contributed by atoms with Crippen molar-refractivity contribution in [2.45, 2.75) is 31.6 Å². The van der Waals surface area contributed by atoms with Crippen molar-refractivity contribution in [3.05, 3.63) is 0 Å². The van der Waals surface area contributed by atoms with Gasteiger partial charge in [-0.25, -0.2) is 0 Å². The third-order valence-electron chi connectivity index (χ3n) is 1.80. The van der Waals surface area contributed by atoms with E-state index in [-0.39, 0.29) is 5.38 Å². The third-order valence-corrected chi connectivity index (χ3v) is 2.15. The molecule has 1 atom stereocenters. The summed E-state index contributed by atoms with van der Waals surface area (Å²) in [4.78, 5) is 0. The van der Waals surface area contributed by atoms with Crippen LogP contribution in [0.1, 0.15) is 26.2 Å². The Morgan fingerprint density at radius 2 is 1.93 bits per heavy atom. The number of rotatable bonds is 10. The predicted octanol–water partition coefficient (Wildman–Crippen LogP) is 1.78. The Hall–Kier alpha value is 0.170. The van der Waals surface area contributed by atoms with Crippen molar-refractivity contribution in [1.29, 1.82) is 0 Å². The monoisotopic (exact) mass is 223 g/mol. The Kier molecular flexibility index (Phi) is 11.4. The van der Waals surface area contributed by atoms with Crippen LogP contribution in [0.5, 0.6) is 0 Å². The summed E-state index contributed by atoms with van der Waals surface area (Å²) in [5.74, 6) is 0. The zero-order valence-corrected chi connectivity index (χ0v) is 9.76. The second-order valence-corrected chi connectivity index (χ2v) is 3.83. The maximum Gasteiger partial charge on any atom is 0.0701 e. The summed E-state index contributed by atoms with van der Waals surface area (Å²) in [6.07, 6.45) is 3.38. The summed E-state index contributed by atoms with van der Waals surface area (Å²) in [5, 5.41) is 0.143. The molecule has 14 heavy (non-hydrogen) atoms. The molecule has 0 heterocycles. The predicted molar refractivity (Wildman–Crippen MR) is 59.9 cm³/mol. The molecule has 0 bridgehead atoms. The van der Waals surface area contributed by atoms with E-state index >= 15 is 0 Å². The third kappa shape index (κ3) is 10.3. The standard InChI is InChI=1S/C10H22ClNO2/c1-2-3-4-10(11)9-14-8-7-13-6-5-12/h10H,2-9,12H2,1H3. The lowest BCUT2D eigenvalue weighted by atomic mass is 10.2. The highest BCUT2D eigenvalue weighted by molar-refractivity contribution is 6.20. The maximum absolute atomic E-state index is 6.01. The molecule has 0 rings (SSSR count). The number of halogens is 1. The van der Waals surface area contributed by atoms with Crippen LogP contribution in [-0.2, 0) is 9.47 Å². The molecule has 0 aromatic carbocycles. The molecule has 0 fully saturated rings. The van der Waals surface area contributed by atoms with Gasteiger partial charge < -0.3 is 15.2 Å². The van der Waals surface area contributed by atoms with Crippen molar-refractivity contribution in [3.63, 3.8) is 0 Å². The van der Waals surface area contributed by atoms with Crippen LogP contribution in [0.4, 0.5) is 0 Å². The van der Waals surface area contributed by atoms with Gasteiger partial charge in [0, 0.05) is 6.54 Å². The fourth-order valence-electron chi connectivity index (χ4n) is 1.02. The highest BCUT2D eigenvalue weighted by atomic mass is 35.5. The van der Waals surface area contributed by atoms with Gasteiger partial charge in [-0.2, -0.15) is 0 Å². The molecule has 4 heteroatoms. The summed E-state index contributed by atoms with van der Waals surface area (Å²) in [6.45, 7) is 5.15. The summed E-state index contributed by atoms with van der Waals surface area (Å²) in [6, 6.07) is 0. The van der Waals surface area contributed by atoms with Gasteiger partial charge in [0.05, 0.1) is 31.8 Å². The summed E-state index contributed by atoms with van der Waals surface area (Å²) < 4.78 is 10.5. The quantitative estimate of drug-likeness (QED) is 0.454. The maximum atomic E-state index is 6.01. The molecule has 0 amide bonds. The molecule has 0 saturated heterocycles. The molecule has 0 aliphatic heterocycles. The molecule has 0 aliphatic carbocycles. The first kappa shape index (κ1) is 14.2. The first-order valence-electron chi connectivity index (χ1n) is 5.30. The van der Waals surface area contributed by atoms with E-state index < -0.39 is 0 Å². The zero-order chi connectivity index (χ0) is 10.6. The molecule has 0 radical (unpaired) electrons. The van der Waals surface area contributed by atoms with Gasteiger partial charge in [-0.15, -0.1) is 11.6 Å². The molecule has 0 spiro atoms. The van der Waals surface area contributed by atoms with E-state index in [2.05, 4.69) is 6.92 Å². The van der Waals surface area contributed by atoms with Gasteiger partial charge in [-0.05, 0) is 6.42 Å². The van der Waals surface area contributed by atoms with E-state index in [0.29, 0.717) is 33.0 Å². The number of nitrogens with two attached hydrogens (primary N) is 1. The van der Waals surface area contributed by atoms with Gasteiger partial charge in [0.1, 0.15) is 0 Å². The molecular weight excluding hydrogens is 202 g/mol.